The van der Waals surface area contributed by atoms with Crippen LogP contribution in [0.25, 0.3) is 0 Å². The smallest absolute Gasteiger partial charge is 0.0579 e. The van der Waals surface area contributed by atoms with Gasteiger partial charge in [0.15, 0.2) is 0 Å². The molecule has 0 aliphatic carbocycles. The molecule has 0 saturated carbocycles. The molecule has 0 spiro atoms. The van der Waals surface area contributed by atoms with Crippen LogP contribution in [0.4, 0.5) is 0 Å². The average Bonchev–Trinajstić information content (AvgIpc) is 2.57. The van der Waals surface area contributed by atoms with Gasteiger partial charge in [0.1, 0.15) is 0 Å². The third-order valence-corrected chi connectivity index (χ3v) is 3.04. The van der Waals surface area contributed by atoms with Crippen LogP contribution < -0.4 is 5.32 Å². The summed E-state index contributed by atoms with van der Waals surface area (Å²) < 4.78 is 5.62. The molecule has 2 nitrogen and oxygen atoms in total. The molecule has 78 valence electrons. The quantitative estimate of drug-likeness (QED) is 0.709. The zero-order chi connectivity index (χ0) is 9.68. The van der Waals surface area contributed by atoms with Crippen LogP contribution >= 0.6 is 0 Å². The molecule has 1 aliphatic heterocycles. The summed E-state index contributed by atoms with van der Waals surface area (Å²) in [4.78, 5) is 0. The molecule has 0 aromatic carbocycles. The molecular formula is C11H23NO. The van der Waals surface area contributed by atoms with Crippen molar-refractivity contribution in [2.75, 3.05) is 13.2 Å². The SMILES string of the molecule is CCNC(C)C(C)CC1CCCO1. The minimum atomic E-state index is 0.538. The Morgan fingerprint density at radius 3 is 2.77 bits per heavy atom. The maximum Gasteiger partial charge on any atom is 0.0579 e. The second-order valence-corrected chi connectivity index (χ2v) is 4.19. The van der Waals surface area contributed by atoms with Gasteiger partial charge in [-0.05, 0) is 38.6 Å². The van der Waals surface area contributed by atoms with Crippen molar-refractivity contribution in [3.05, 3.63) is 0 Å². The summed E-state index contributed by atoms with van der Waals surface area (Å²) in [5.74, 6) is 0.725. The second kappa shape index (κ2) is 5.61. The van der Waals surface area contributed by atoms with Crippen molar-refractivity contribution in [2.24, 2.45) is 5.92 Å². The average molecular weight is 185 g/mol. The van der Waals surface area contributed by atoms with E-state index >= 15 is 0 Å². The van der Waals surface area contributed by atoms with Crippen molar-refractivity contribution in [3.63, 3.8) is 0 Å². The highest BCUT2D eigenvalue weighted by molar-refractivity contribution is 4.74. The molecule has 1 heterocycles. The van der Waals surface area contributed by atoms with Crippen molar-refractivity contribution in [3.8, 4) is 0 Å². The lowest BCUT2D eigenvalue weighted by Crippen LogP contribution is -2.33. The zero-order valence-corrected chi connectivity index (χ0v) is 9.18. The maximum absolute atomic E-state index is 5.62. The van der Waals surface area contributed by atoms with Crippen LogP contribution in [0.3, 0.4) is 0 Å². The summed E-state index contributed by atoms with van der Waals surface area (Å²) in [6, 6.07) is 0.620. The van der Waals surface area contributed by atoms with Gasteiger partial charge in [0, 0.05) is 12.6 Å². The topological polar surface area (TPSA) is 21.3 Å². The van der Waals surface area contributed by atoms with Gasteiger partial charge in [0.05, 0.1) is 6.10 Å². The molecule has 13 heavy (non-hydrogen) atoms. The molecule has 0 aromatic heterocycles. The molecule has 1 saturated heterocycles. The Bertz CT molecular complexity index is 132. The van der Waals surface area contributed by atoms with Crippen LogP contribution in [0.1, 0.15) is 40.0 Å². The van der Waals surface area contributed by atoms with Crippen molar-refractivity contribution in [1.29, 1.82) is 0 Å². The highest BCUT2D eigenvalue weighted by Gasteiger charge is 2.20. The third kappa shape index (κ3) is 3.65. The molecule has 1 rings (SSSR count). The summed E-state index contributed by atoms with van der Waals surface area (Å²) in [5, 5.41) is 3.46. The minimum Gasteiger partial charge on any atom is -0.378 e. The van der Waals surface area contributed by atoms with E-state index in [0.717, 1.165) is 19.1 Å². The first-order valence-electron chi connectivity index (χ1n) is 5.59. The molecule has 2 heteroatoms. The molecule has 0 amide bonds. The Hall–Kier alpha value is -0.0800. The first-order chi connectivity index (χ1) is 6.24. The summed E-state index contributed by atoms with van der Waals surface area (Å²) in [7, 11) is 0. The predicted octanol–water partition coefficient (Wildman–Crippen LogP) is 2.19. The van der Waals surface area contributed by atoms with Crippen LogP contribution in [0, 0.1) is 5.92 Å². The standard InChI is InChI=1S/C11H23NO/c1-4-12-10(3)9(2)8-11-6-5-7-13-11/h9-12H,4-8H2,1-3H3. The van der Waals surface area contributed by atoms with Crippen LogP contribution in [0.15, 0.2) is 0 Å². The fraction of sp³-hybridized carbons (Fsp3) is 1.00. The second-order valence-electron chi connectivity index (χ2n) is 4.19. The number of hydrogen-bond acceptors (Lipinski definition) is 2. The van der Waals surface area contributed by atoms with Gasteiger partial charge in [-0.3, -0.25) is 0 Å². The Labute approximate surface area is 82.0 Å². The monoisotopic (exact) mass is 185 g/mol. The van der Waals surface area contributed by atoms with E-state index in [1.54, 1.807) is 0 Å². The van der Waals surface area contributed by atoms with Gasteiger partial charge in [-0.2, -0.15) is 0 Å². The van der Waals surface area contributed by atoms with Gasteiger partial charge >= 0.3 is 0 Å². The van der Waals surface area contributed by atoms with E-state index in [1.807, 2.05) is 0 Å². The first kappa shape index (κ1) is 11.0. The molecule has 3 atom stereocenters. The Balaban J connectivity index is 2.18. The highest BCUT2D eigenvalue weighted by Crippen LogP contribution is 2.21. The molecule has 3 unspecified atom stereocenters. The molecule has 0 aromatic rings. The molecule has 1 fully saturated rings. The van der Waals surface area contributed by atoms with Gasteiger partial charge in [-0.25, -0.2) is 0 Å². The lowest BCUT2D eigenvalue weighted by atomic mass is 9.95. The Morgan fingerprint density at radius 1 is 1.46 bits per heavy atom. The lowest BCUT2D eigenvalue weighted by Gasteiger charge is -2.23. The number of ether oxygens (including phenoxy) is 1. The number of rotatable bonds is 5. The normalized spacial score (nSPS) is 27.5. The van der Waals surface area contributed by atoms with Gasteiger partial charge in [-0.15, -0.1) is 0 Å². The van der Waals surface area contributed by atoms with Crippen LogP contribution in [-0.4, -0.2) is 25.3 Å². The maximum atomic E-state index is 5.62. The van der Waals surface area contributed by atoms with E-state index in [4.69, 9.17) is 4.74 Å². The van der Waals surface area contributed by atoms with E-state index in [0.29, 0.717) is 12.1 Å². The van der Waals surface area contributed by atoms with E-state index in [1.165, 1.54) is 19.3 Å². The van der Waals surface area contributed by atoms with Gasteiger partial charge in [-0.1, -0.05) is 13.8 Å². The molecular weight excluding hydrogens is 162 g/mol. The summed E-state index contributed by atoms with van der Waals surface area (Å²) in [6.45, 7) is 8.79. The van der Waals surface area contributed by atoms with Crippen molar-refractivity contribution >= 4 is 0 Å². The van der Waals surface area contributed by atoms with Crippen LogP contribution in [-0.2, 0) is 4.74 Å². The summed E-state index contributed by atoms with van der Waals surface area (Å²) >= 11 is 0. The van der Waals surface area contributed by atoms with E-state index < -0.39 is 0 Å². The van der Waals surface area contributed by atoms with Crippen LogP contribution in [0.2, 0.25) is 0 Å². The van der Waals surface area contributed by atoms with Crippen molar-refractivity contribution in [1.82, 2.24) is 5.32 Å². The number of hydrogen-bond donors (Lipinski definition) is 1. The largest absolute Gasteiger partial charge is 0.378 e. The molecule has 0 bridgehead atoms. The Kier molecular flexibility index (Phi) is 4.74. The van der Waals surface area contributed by atoms with Crippen LogP contribution in [0.5, 0.6) is 0 Å². The van der Waals surface area contributed by atoms with Crippen molar-refractivity contribution in [2.45, 2.75) is 52.2 Å². The fourth-order valence-corrected chi connectivity index (χ4v) is 1.97. The van der Waals surface area contributed by atoms with E-state index in [9.17, 15) is 0 Å². The summed E-state index contributed by atoms with van der Waals surface area (Å²) in [5.41, 5.74) is 0. The highest BCUT2D eigenvalue weighted by atomic mass is 16.5. The van der Waals surface area contributed by atoms with Gasteiger partial charge in [0.2, 0.25) is 0 Å². The lowest BCUT2D eigenvalue weighted by molar-refractivity contribution is 0.0870. The van der Waals surface area contributed by atoms with Gasteiger partial charge in [0.25, 0.3) is 0 Å². The molecule has 0 radical (unpaired) electrons. The van der Waals surface area contributed by atoms with Gasteiger partial charge < -0.3 is 10.1 Å². The first-order valence-corrected chi connectivity index (χ1v) is 5.59. The zero-order valence-electron chi connectivity index (χ0n) is 9.18. The van der Waals surface area contributed by atoms with Crippen molar-refractivity contribution < 1.29 is 4.74 Å². The number of nitrogens with one attached hydrogen (secondary N) is 1. The van der Waals surface area contributed by atoms with E-state index in [-0.39, 0.29) is 0 Å². The third-order valence-electron chi connectivity index (χ3n) is 3.04. The molecule has 1 aliphatic rings. The minimum absolute atomic E-state index is 0.538. The Morgan fingerprint density at radius 2 is 2.23 bits per heavy atom. The summed E-state index contributed by atoms with van der Waals surface area (Å²) in [6.07, 6.45) is 4.28. The predicted molar refractivity (Wildman–Crippen MR) is 55.9 cm³/mol. The fourth-order valence-electron chi connectivity index (χ4n) is 1.97. The van der Waals surface area contributed by atoms with E-state index in [2.05, 4.69) is 26.1 Å². The molecule has 1 N–H and O–H groups in total.